The summed E-state index contributed by atoms with van der Waals surface area (Å²) in [6, 6.07) is 26.7. The second-order valence-electron chi connectivity index (χ2n) is 7.20. The van der Waals surface area contributed by atoms with E-state index in [1.165, 1.54) is 17.3 Å². The normalized spacial score (nSPS) is 17.1. The number of anilines is 1. The topological polar surface area (TPSA) is 59.9 Å². The highest BCUT2D eigenvalue weighted by Gasteiger charge is 2.35. The van der Waals surface area contributed by atoms with E-state index in [0.29, 0.717) is 16.7 Å². The van der Waals surface area contributed by atoms with E-state index < -0.39 is 5.72 Å². The van der Waals surface area contributed by atoms with Crippen LogP contribution in [-0.4, -0.2) is 21.4 Å². The molecule has 1 aliphatic rings. The maximum absolute atomic E-state index is 6.46. The van der Waals surface area contributed by atoms with Gasteiger partial charge in [0.2, 0.25) is 16.8 Å². The van der Waals surface area contributed by atoms with Gasteiger partial charge in [-0.2, -0.15) is 4.98 Å². The Kier molecular flexibility index (Phi) is 4.64. The third kappa shape index (κ3) is 3.29. The molecule has 0 aliphatic carbocycles. The van der Waals surface area contributed by atoms with Crippen LogP contribution in [0.3, 0.4) is 0 Å². The second-order valence-corrected chi connectivity index (χ2v) is 7.97. The molecule has 30 heavy (non-hydrogen) atoms. The van der Waals surface area contributed by atoms with Crippen LogP contribution in [0.4, 0.5) is 5.69 Å². The Morgan fingerprint density at radius 1 is 0.833 bits per heavy atom. The number of aromatic nitrogens is 3. The minimum absolute atomic E-state index is 0.474. The predicted octanol–water partition coefficient (Wildman–Crippen LogP) is 5.60. The van der Waals surface area contributed by atoms with Crippen molar-refractivity contribution in [3.63, 3.8) is 0 Å². The molecule has 0 saturated heterocycles. The van der Waals surface area contributed by atoms with E-state index in [0.717, 1.165) is 22.4 Å². The van der Waals surface area contributed by atoms with Gasteiger partial charge in [0, 0.05) is 16.8 Å². The summed E-state index contributed by atoms with van der Waals surface area (Å²) in [5, 5.41) is 12.8. The van der Waals surface area contributed by atoms with Gasteiger partial charge in [0.05, 0.1) is 0 Å². The van der Waals surface area contributed by atoms with Gasteiger partial charge in [0.15, 0.2) is 5.69 Å². The predicted molar refractivity (Wildman–Crippen MR) is 121 cm³/mol. The number of hydrogen-bond acceptors (Lipinski definition) is 6. The zero-order chi connectivity index (χ0) is 20.6. The van der Waals surface area contributed by atoms with Crippen molar-refractivity contribution >= 4 is 17.4 Å². The lowest BCUT2D eigenvalue weighted by Crippen LogP contribution is -2.37. The molecule has 148 valence electrons. The van der Waals surface area contributed by atoms with Crippen molar-refractivity contribution < 1.29 is 4.74 Å². The molecule has 0 fully saturated rings. The van der Waals surface area contributed by atoms with E-state index in [4.69, 9.17) is 4.74 Å². The van der Waals surface area contributed by atoms with Crippen LogP contribution in [0.5, 0.6) is 5.88 Å². The average Bonchev–Trinajstić information content (AvgIpc) is 2.93. The smallest absolute Gasteiger partial charge is 0.247 e. The molecule has 1 aromatic heterocycles. The van der Waals surface area contributed by atoms with E-state index in [2.05, 4.69) is 56.9 Å². The number of rotatable bonds is 3. The van der Waals surface area contributed by atoms with Crippen molar-refractivity contribution in [3.8, 4) is 28.3 Å². The number of para-hydroxylation sites is 1. The molecule has 4 aromatic rings. The molecule has 5 nitrogen and oxygen atoms in total. The van der Waals surface area contributed by atoms with Crippen LogP contribution in [0.2, 0.25) is 0 Å². The summed E-state index contributed by atoms with van der Waals surface area (Å²) in [5.74, 6) is 0.474. The van der Waals surface area contributed by atoms with Crippen LogP contribution in [0.25, 0.3) is 22.4 Å². The van der Waals surface area contributed by atoms with E-state index in [9.17, 15) is 0 Å². The molecular formula is C24H20N4OS. The van der Waals surface area contributed by atoms with Gasteiger partial charge in [-0.05, 0) is 30.4 Å². The molecule has 1 aliphatic heterocycles. The van der Waals surface area contributed by atoms with Crippen LogP contribution in [0, 0.1) is 0 Å². The minimum Gasteiger partial charge on any atom is -0.445 e. The van der Waals surface area contributed by atoms with Crippen LogP contribution in [0.1, 0.15) is 12.5 Å². The quantitative estimate of drug-likeness (QED) is 0.442. The maximum Gasteiger partial charge on any atom is 0.247 e. The molecule has 0 bridgehead atoms. The maximum atomic E-state index is 6.46. The molecule has 3 aromatic carbocycles. The number of hydrogen-bond donors (Lipinski definition) is 1. The van der Waals surface area contributed by atoms with Crippen molar-refractivity contribution in [3.05, 3.63) is 84.4 Å². The highest BCUT2D eigenvalue weighted by molar-refractivity contribution is 7.98. The van der Waals surface area contributed by atoms with Gasteiger partial charge < -0.3 is 10.1 Å². The lowest BCUT2D eigenvalue weighted by molar-refractivity contribution is 0.112. The first kappa shape index (κ1) is 18.6. The highest BCUT2D eigenvalue weighted by atomic mass is 32.2. The van der Waals surface area contributed by atoms with Gasteiger partial charge in [0.1, 0.15) is 0 Å². The van der Waals surface area contributed by atoms with Gasteiger partial charge in [-0.1, -0.05) is 84.6 Å². The summed E-state index contributed by atoms with van der Waals surface area (Å²) in [4.78, 5) is 4.60. The van der Waals surface area contributed by atoms with Gasteiger partial charge in [-0.15, -0.1) is 10.2 Å². The Labute approximate surface area is 179 Å². The number of fused-ring (bicyclic) bond motifs is 3. The Balaban J connectivity index is 1.60. The van der Waals surface area contributed by atoms with E-state index in [1.54, 1.807) is 0 Å². The van der Waals surface area contributed by atoms with Gasteiger partial charge >= 0.3 is 0 Å². The monoisotopic (exact) mass is 412 g/mol. The average molecular weight is 413 g/mol. The minimum atomic E-state index is -0.817. The van der Waals surface area contributed by atoms with Crippen LogP contribution in [-0.2, 0) is 5.72 Å². The van der Waals surface area contributed by atoms with Gasteiger partial charge in [-0.25, -0.2) is 0 Å². The molecule has 1 unspecified atom stereocenters. The Hall–Kier alpha value is -3.38. The fraction of sp³-hybridized carbons (Fsp3) is 0.125. The zero-order valence-corrected chi connectivity index (χ0v) is 17.5. The first-order valence-electron chi connectivity index (χ1n) is 9.67. The van der Waals surface area contributed by atoms with Crippen LogP contribution >= 0.6 is 11.8 Å². The van der Waals surface area contributed by atoms with E-state index >= 15 is 0 Å². The second kappa shape index (κ2) is 7.46. The number of nitrogens with one attached hydrogen (secondary N) is 1. The number of benzene rings is 3. The molecule has 0 saturated carbocycles. The Bertz CT molecular complexity index is 1200. The highest BCUT2D eigenvalue weighted by Crippen LogP contribution is 2.42. The SMILES string of the molecule is CSc1nnc2c(n1)OC(C)(c1ccc(-c3ccccc3)cc1)Nc1ccccc1-2. The summed E-state index contributed by atoms with van der Waals surface area (Å²) >= 11 is 1.44. The molecule has 2 heterocycles. The Morgan fingerprint density at radius 2 is 1.53 bits per heavy atom. The van der Waals surface area contributed by atoms with E-state index in [-0.39, 0.29) is 0 Å². The van der Waals surface area contributed by atoms with Gasteiger partial charge in [0.25, 0.3) is 0 Å². The number of nitrogens with zero attached hydrogens (tertiary/aromatic N) is 3. The number of thioether (sulfide) groups is 1. The molecule has 0 spiro atoms. The van der Waals surface area contributed by atoms with Gasteiger partial charge in [-0.3, -0.25) is 0 Å². The molecule has 0 radical (unpaired) electrons. The summed E-state index contributed by atoms with van der Waals surface area (Å²) in [6.45, 7) is 2.01. The molecule has 0 amide bonds. The Morgan fingerprint density at radius 3 is 2.30 bits per heavy atom. The van der Waals surface area contributed by atoms with Crippen molar-refractivity contribution in [2.75, 3.05) is 11.6 Å². The molecule has 1 N–H and O–H groups in total. The van der Waals surface area contributed by atoms with Crippen molar-refractivity contribution in [1.29, 1.82) is 0 Å². The lowest BCUT2D eigenvalue weighted by Gasteiger charge is -2.31. The summed E-state index contributed by atoms with van der Waals surface area (Å²) in [5.41, 5.74) is 5.01. The fourth-order valence-corrected chi connectivity index (χ4v) is 3.94. The standard InChI is InChI=1S/C24H20N4OS/c1-24(18-14-12-17(13-15-18)16-8-4-3-5-9-16)26-20-11-7-6-10-19(20)21-22(29-24)25-23(30-2)28-27-21/h3-15,26H,1-2H3. The van der Waals surface area contributed by atoms with E-state index in [1.807, 2.05) is 55.6 Å². The first-order valence-corrected chi connectivity index (χ1v) is 10.9. The van der Waals surface area contributed by atoms with Crippen molar-refractivity contribution in [2.24, 2.45) is 0 Å². The summed E-state index contributed by atoms with van der Waals surface area (Å²) in [7, 11) is 0. The number of ether oxygens (including phenoxy) is 1. The van der Waals surface area contributed by atoms with Crippen molar-refractivity contribution in [1.82, 2.24) is 15.2 Å². The third-order valence-corrected chi connectivity index (χ3v) is 5.76. The third-order valence-electron chi connectivity index (χ3n) is 5.22. The van der Waals surface area contributed by atoms with Crippen molar-refractivity contribution in [2.45, 2.75) is 17.8 Å². The summed E-state index contributed by atoms with van der Waals surface area (Å²) < 4.78 is 6.46. The van der Waals surface area contributed by atoms with Crippen LogP contribution in [0.15, 0.2) is 84.0 Å². The largest absolute Gasteiger partial charge is 0.445 e. The molecule has 6 heteroatoms. The first-order chi connectivity index (χ1) is 14.7. The zero-order valence-electron chi connectivity index (χ0n) is 16.7. The molecular weight excluding hydrogens is 392 g/mol. The lowest BCUT2D eigenvalue weighted by atomic mass is 9.99. The van der Waals surface area contributed by atoms with Crippen LogP contribution < -0.4 is 10.1 Å². The molecule has 1 atom stereocenters. The summed E-state index contributed by atoms with van der Waals surface area (Å²) in [6.07, 6.45) is 1.92. The fourth-order valence-electron chi connectivity index (χ4n) is 3.64. The molecule has 5 rings (SSSR count).